The van der Waals surface area contributed by atoms with Crippen LogP contribution in [-0.4, -0.2) is 88.7 Å². The van der Waals surface area contributed by atoms with Crippen molar-refractivity contribution in [2.24, 2.45) is 5.73 Å². The molecule has 3 rings (SSSR count). The van der Waals surface area contributed by atoms with Crippen molar-refractivity contribution in [3.05, 3.63) is 17.6 Å². The molecule has 0 aromatic carbocycles. The van der Waals surface area contributed by atoms with Crippen LogP contribution in [0, 0.1) is 6.92 Å². The molecule has 1 aliphatic heterocycles. The number of hydrogen-bond acceptors (Lipinski definition) is 13. The van der Waals surface area contributed by atoms with E-state index >= 15 is 0 Å². The van der Waals surface area contributed by atoms with Crippen molar-refractivity contribution in [1.82, 2.24) is 14.5 Å². The molecule has 1 aliphatic rings. The Balaban J connectivity index is 1.91. The van der Waals surface area contributed by atoms with Gasteiger partial charge in [-0.15, -0.1) is 0 Å². The van der Waals surface area contributed by atoms with E-state index in [-0.39, 0.29) is 28.2 Å². The van der Waals surface area contributed by atoms with Crippen molar-refractivity contribution in [1.29, 1.82) is 0 Å². The number of carbonyl (C=O) groups excluding carboxylic acids is 2. The Morgan fingerprint density at radius 3 is 2.44 bits per heavy atom. The second kappa shape index (κ2) is 9.92. The van der Waals surface area contributed by atoms with Gasteiger partial charge in [0.2, 0.25) is 0 Å². The maximum absolute atomic E-state index is 12.7. The molecule has 3 heterocycles. The van der Waals surface area contributed by atoms with Crippen LogP contribution in [-0.2, 0) is 32.6 Å². The Labute approximate surface area is 193 Å². The number of methoxy groups -OCH3 is 1. The quantitative estimate of drug-likeness (QED) is 0.239. The first-order chi connectivity index (χ1) is 16.0. The Kier molecular flexibility index (Phi) is 7.57. The number of amides is 1. The van der Waals surface area contributed by atoms with Gasteiger partial charge in [0.25, 0.3) is 11.8 Å². The lowest BCUT2D eigenvalue weighted by Gasteiger charge is -2.24. The largest absolute Gasteiger partial charge is 0.467 e. The SMILES string of the molecule is COC(=O)C(OC[C@H]1O[C@@H](n2cc(C(N)=O)c3c(N)nc(C)nc32)[C@H](O)[C@@H]1O)P(=O)(OC)OC. The summed E-state index contributed by atoms with van der Waals surface area (Å²) < 4.78 is 39.3. The summed E-state index contributed by atoms with van der Waals surface area (Å²) in [5.41, 5.74) is 11.5. The molecule has 5 atom stereocenters. The molecule has 6 N–H and O–H groups in total. The third-order valence-electron chi connectivity index (χ3n) is 5.31. The number of anilines is 1. The molecular formula is C18H26N5O10P. The second-order valence-electron chi connectivity index (χ2n) is 7.33. The minimum absolute atomic E-state index is 0.00114. The molecule has 0 aliphatic carbocycles. The summed E-state index contributed by atoms with van der Waals surface area (Å²) >= 11 is 0. The molecule has 2 aromatic rings. The summed E-state index contributed by atoms with van der Waals surface area (Å²) in [4.78, 5) is 32.3. The fourth-order valence-electron chi connectivity index (χ4n) is 3.61. The third-order valence-corrected chi connectivity index (χ3v) is 7.26. The van der Waals surface area contributed by atoms with E-state index in [1.165, 1.54) is 10.8 Å². The average Bonchev–Trinajstić information content (AvgIpc) is 3.31. The van der Waals surface area contributed by atoms with E-state index < -0.39 is 56.5 Å². The highest BCUT2D eigenvalue weighted by Crippen LogP contribution is 2.52. The van der Waals surface area contributed by atoms with Crippen molar-refractivity contribution in [2.75, 3.05) is 33.7 Å². The molecule has 1 unspecified atom stereocenters. The van der Waals surface area contributed by atoms with E-state index in [1.807, 2.05) is 0 Å². The van der Waals surface area contributed by atoms with Gasteiger partial charge in [0, 0.05) is 20.4 Å². The number of aliphatic hydroxyl groups is 2. The Morgan fingerprint density at radius 1 is 1.24 bits per heavy atom. The van der Waals surface area contributed by atoms with Gasteiger partial charge in [0.1, 0.15) is 35.6 Å². The van der Waals surface area contributed by atoms with Crippen molar-refractivity contribution in [3.63, 3.8) is 0 Å². The summed E-state index contributed by atoms with van der Waals surface area (Å²) in [6.45, 7) is 1.06. The highest BCUT2D eigenvalue weighted by atomic mass is 31.2. The number of esters is 1. The van der Waals surface area contributed by atoms with Gasteiger partial charge < -0.3 is 49.5 Å². The maximum atomic E-state index is 12.7. The average molecular weight is 503 g/mol. The van der Waals surface area contributed by atoms with Gasteiger partial charge in [-0.1, -0.05) is 0 Å². The number of nitrogens with zero attached hydrogens (tertiary/aromatic N) is 3. The molecule has 188 valence electrons. The first-order valence-corrected chi connectivity index (χ1v) is 11.5. The number of rotatable bonds is 9. The zero-order valence-corrected chi connectivity index (χ0v) is 19.7. The molecule has 34 heavy (non-hydrogen) atoms. The van der Waals surface area contributed by atoms with Crippen LogP contribution in [0.3, 0.4) is 0 Å². The monoisotopic (exact) mass is 503 g/mol. The molecule has 15 nitrogen and oxygen atoms in total. The summed E-state index contributed by atoms with van der Waals surface area (Å²) in [5.74, 6) is -3.35. The van der Waals surface area contributed by atoms with Crippen LogP contribution in [0.5, 0.6) is 0 Å². The number of primary amides is 1. The highest BCUT2D eigenvalue weighted by molar-refractivity contribution is 7.55. The van der Waals surface area contributed by atoms with Crippen LogP contribution in [0.1, 0.15) is 22.4 Å². The van der Waals surface area contributed by atoms with E-state index in [1.54, 1.807) is 6.92 Å². The first-order valence-electron chi connectivity index (χ1n) is 9.85. The van der Waals surface area contributed by atoms with Gasteiger partial charge in [0.15, 0.2) is 6.23 Å². The number of carbonyl (C=O) groups is 2. The molecule has 0 spiro atoms. The lowest BCUT2D eigenvalue weighted by atomic mass is 10.1. The molecule has 1 amide bonds. The van der Waals surface area contributed by atoms with Gasteiger partial charge in [-0.2, -0.15) is 0 Å². The van der Waals surface area contributed by atoms with Crippen LogP contribution in [0.25, 0.3) is 11.0 Å². The van der Waals surface area contributed by atoms with Gasteiger partial charge in [0.05, 0.1) is 24.7 Å². The first kappa shape index (κ1) is 26.0. The number of aryl methyl sites for hydroxylation is 1. The predicted molar refractivity (Wildman–Crippen MR) is 114 cm³/mol. The summed E-state index contributed by atoms with van der Waals surface area (Å²) in [5, 5.41) is 21.4. The van der Waals surface area contributed by atoms with E-state index in [9.17, 15) is 24.4 Å². The molecule has 0 saturated carbocycles. The Bertz CT molecular complexity index is 1130. The number of hydrogen-bond donors (Lipinski definition) is 4. The van der Waals surface area contributed by atoms with Crippen LogP contribution in [0.15, 0.2) is 6.20 Å². The third kappa shape index (κ3) is 4.51. The van der Waals surface area contributed by atoms with E-state index in [0.29, 0.717) is 0 Å². The number of aliphatic hydroxyl groups excluding tert-OH is 2. The van der Waals surface area contributed by atoms with Gasteiger partial charge in [-0.3, -0.25) is 9.36 Å². The number of aromatic nitrogens is 3. The van der Waals surface area contributed by atoms with Crippen LogP contribution in [0.4, 0.5) is 5.82 Å². The lowest BCUT2D eigenvalue weighted by Crippen LogP contribution is -2.36. The number of fused-ring (bicyclic) bond motifs is 1. The van der Waals surface area contributed by atoms with Crippen LogP contribution >= 0.6 is 7.60 Å². The fourth-order valence-corrected chi connectivity index (χ4v) is 4.77. The summed E-state index contributed by atoms with van der Waals surface area (Å²) in [6, 6.07) is 0. The lowest BCUT2D eigenvalue weighted by molar-refractivity contribution is -0.153. The number of nitrogens with two attached hydrogens (primary N) is 2. The molecule has 0 radical (unpaired) electrons. The number of nitrogen functional groups attached to an aromatic ring is 1. The van der Waals surface area contributed by atoms with Crippen molar-refractivity contribution < 1.29 is 47.6 Å². The number of ether oxygens (including phenoxy) is 3. The van der Waals surface area contributed by atoms with E-state index in [2.05, 4.69) is 14.7 Å². The topological polar surface area (TPSA) is 221 Å². The standard InChI is InChI=1S/C18H26N5O10P/c1-7-21-13(19)10-8(14(20)26)5-23(15(10)22-7)16-12(25)11(24)9(33-16)6-32-18(17(27)29-2)34(28,30-3)31-4/h5,9,11-12,16,18,24-25H,6H2,1-4H3,(H2,20,26)(H2,19,21,22)/t9-,11-,12-,16-,18?/m1/s1. The van der Waals surface area contributed by atoms with Crippen molar-refractivity contribution >= 4 is 36.3 Å². The maximum Gasteiger partial charge on any atom is 0.370 e. The fraction of sp³-hybridized carbons (Fsp3) is 0.556. The molecule has 1 fully saturated rings. The van der Waals surface area contributed by atoms with Gasteiger partial charge >= 0.3 is 13.6 Å². The zero-order chi connectivity index (χ0) is 25.4. The van der Waals surface area contributed by atoms with Gasteiger partial charge in [-0.05, 0) is 6.92 Å². The normalized spacial score (nSPS) is 23.8. The van der Waals surface area contributed by atoms with Crippen molar-refractivity contribution in [2.45, 2.75) is 37.3 Å². The Hall–Kier alpha value is -2.65. The van der Waals surface area contributed by atoms with Crippen LogP contribution < -0.4 is 11.5 Å². The summed E-state index contributed by atoms with van der Waals surface area (Å²) in [7, 11) is -0.885. The molecule has 16 heteroatoms. The second-order valence-corrected chi connectivity index (χ2v) is 9.61. The van der Waals surface area contributed by atoms with Gasteiger partial charge in [-0.25, -0.2) is 14.8 Å². The molecule has 2 aromatic heterocycles. The highest BCUT2D eigenvalue weighted by Gasteiger charge is 2.48. The van der Waals surface area contributed by atoms with E-state index in [0.717, 1.165) is 21.3 Å². The minimum Gasteiger partial charge on any atom is -0.467 e. The zero-order valence-electron chi connectivity index (χ0n) is 18.8. The smallest absolute Gasteiger partial charge is 0.370 e. The minimum atomic E-state index is -4.06. The molecule has 1 saturated heterocycles. The molecule has 0 bridgehead atoms. The van der Waals surface area contributed by atoms with E-state index in [4.69, 9.17) is 30.0 Å². The van der Waals surface area contributed by atoms with Crippen molar-refractivity contribution in [3.8, 4) is 0 Å². The van der Waals surface area contributed by atoms with Crippen LogP contribution in [0.2, 0.25) is 0 Å². The Morgan fingerprint density at radius 2 is 1.88 bits per heavy atom. The predicted octanol–water partition coefficient (Wildman–Crippen LogP) is -0.958. The summed E-state index contributed by atoms with van der Waals surface area (Å²) in [6.07, 6.45) is -4.20. The molecular weight excluding hydrogens is 477 g/mol.